The number of rotatable bonds is 2. The molecule has 1 saturated heterocycles. The minimum atomic E-state index is -0.759. The lowest BCUT2D eigenvalue weighted by Gasteiger charge is -2.19. The summed E-state index contributed by atoms with van der Waals surface area (Å²) in [6.45, 7) is 2.88. The summed E-state index contributed by atoms with van der Waals surface area (Å²) in [5.41, 5.74) is 0.118. The van der Waals surface area contributed by atoms with Gasteiger partial charge in [-0.2, -0.15) is 0 Å². The summed E-state index contributed by atoms with van der Waals surface area (Å²) in [7, 11) is 0. The highest BCUT2D eigenvalue weighted by Gasteiger charge is 2.28. The van der Waals surface area contributed by atoms with E-state index in [9.17, 15) is 13.6 Å². The first-order valence-electron chi connectivity index (χ1n) is 8.35. The van der Waals surface area contributed by atoms with Crippen LogP contribution < -0.4 is 10.9 Å². The smallest absolute Gasteiger partial charge is 0.267 e. The Morgan fingerprint density at radius 2 is 1.96 bits per heavy atom. The molecule has 0 aliphatic carbocycles. The molecule has 1 fully saturated rings. The molecule has 0 spiro atoms. The topological polar surface area (TPSA) is 46.9 Å². The Morgan fingerprint density at radius 1 is 1.23 bits per heavy atom. The van der Waals surface area contributed by atoms with Gasteiger partial charge in [-0.05, 0) is 43.1 Å². The van der Waals surface area contributed by atoms with Gasteiger partial charge in [0.2, 0.25) is 0 Å². The van der Waals surface area contributed by atoms with Crippen molar-refractivity contribution in [2.24, 2.45) is 5.92 Å². The summed E-state index contributed by atoms with van der Waals surface area (Å²) in [5.74, 6) is -0.682. The minimum absolute atomic E-state index is 0.0955. The van der Waals surface area contributed by atoms with Crippen LogP contribution in [0.2, 0.25) is 5.02 Å². The Hall–Kier alpha value is -2.31. The summed E-state index contributed by atoms with van der Waals surface area (Å²) >= 11 is 6.20. The summed E-state index contributed by atoms with van der Waals surface area (Å²) in [6, 6.07) is 7.85. The summed E-state index contributed by atoms with van der Waals surface area (Å²) in [4.78, 5) is 17.8. The second-order valence-corrected chi connectivity index (χ2v) is 7.08. The number of fused-ring (bicyclic) bond motifs is 1. The molecule has 2 atom stereocenters. The van der Waals surface area contributed by atoms with E-state index < -0.39 is 17.2 Å². The molecular formula is C19H16ClF2N3O. The highest BCUT2D eigenvalue weighted by atomic mass is 35.5. The van der Waals surface area contributed by atoms with Crippen molar-refractivity contribution >= 4 is 22.5 Å². The molecule has 0 bridgehead atoms. The van der Waals surface area contributed by atoms with Crippen LogP contribution in [0, 0.1) is 17.6 Å². The standard InChI is InChI=1S/C19H16ClF2N3O/c1-10-5-16(23-9-10)18-24-15-4-2-3-14(20)17(15)19(26)25(18)13-7-11(21)6-12(22)8-13/h2-4,6-8,10,16,23H,5,9H2,1H3/t10-,16+/m1/s1. The molecule has 0 amide bonds. The van der Waals surface area contributed by atoms with Gasteiger partial charge in [-0.15, -0.1) is 0 Å². The molecule has 0 saturated carbocycles. The van der Waals surface area contributed by atoms with Gasteiger partial charge in [0.05, 0.1) is 27.7 Å². The van der Waals surface area contributed by atoms with Crippen LogP contribution in [0.4, 0.5) is 8.78 Å². The van der Waals surface area contributed by atoms with Crippen molar-refractivity contribution in [1.29, 1.82) is 0 Å². The van der Waals surface area contributed by atoms with E-state index in [1.54, 1.807) is 18.2 Å². The van der Waals surface area contributed by atoms with E-state index in [-0.39, 0.29) is 22.1 Å². The molecule has 26 heavy (non-hydrogen) atoms. The van der Waals surface area contributed by atoms with E-state index in [1.807, 2.05) is 0 Å². The van der Waals surface area contributed by atoms with E-state index in [0.717, 1.165) is 31.2 Å². The average Bonchev–Trinajstić information content (AvgIpc) is 3.00. The van der Waals surface area contributed by atoms with Crippen molar-refractivity contribution in [2.45, 2.75) is 19.4 Å². The van der Waals surface area contributed by atoms with Crippen molar-refractivity contribution in [1.82, 2.24) is 14.9 Å². The van der Waals surface area contributed by atoms with Crippen molar-refractivity contribution in [2.75, 3.05) is 6.54 Å². The molecule has 1 N–H and O–H groups in total. The summed E-state index contributed by atoms with van der Waals surface area (Å²) in [6.07, 6.45) is 0.774. The first kappa shape index (κ1) is 17.1. The Bertz CT molecular complexity index is 1050. The molecular weight excluding hydrogens is 360 g/mol. The normalized spacial score (nSPS) is 20.0. The van der Waals surface area contributed by atoms with Gasteiger partial charge in [-0.3, -0.25) is 9.36 Å². The predicted molar refractivity (Wildman–Crippen MR) is 96.8 cm³/mol. The number of hydrogen-bond donors (Lipinski definition) is 1. The number of aromatic nitrogens is 2. The third-order valence-corrected chi connectivity index (χ3v) is 4.96. The molecule has 0 unspecified atom stereocenters. The highest BCUT2D eigenvalue weighted by molar-refractivity contribution is 6.35. The quantitative estimate of drug-likeness (QED) is 0.736. The van der Waals surface area contributed by atoms with E-state index in [4.69, 9.17) is 11.6 Å². The van der Waals surface area contributed by atoms with Gasteiger partial charge in [0.25, 0.3) is 5.56 Å². The van der Waals surface area contributed by atoms with E-state index >= 15 is 0 Å². The fourth-order valence-electron chi connectivity index (χ4n) is 3.47. The third-order valence-electron chi connectivity index (χ3n) is 4.64. The van der Waals surface area contributed by atoms with Gasteiger partial charge >= 0.3 is 0 Å². The van der Waals surface area contributed by atoms with Gasteiger partial charge in [-0.25, -0.2) is 13.8 Å². The number of nitrogens with zero attached hydrogens (tertiary/aromatic N) is 2. The maximum atomic E-state index is 13.8. The molecule has 1 aliphatic rings. The molecule has 2 aromatic carbocycles. The Morgan fingerprint density at radius 3 is 2.62 bits per heavy atom. The molecule has 134 valence electrons. The van der Waals surface area contributed by atoms with Crippen LogP contribution in [-0.2, 0) is 0 Å². The molecule has 4 nitrogen and oxygen atoms in total. The third kappa shape index (κ3) is 2.89. The Balaban J connectivity index is 2.06. The van der Waals surface area contributed by atoms with E-state index in [0.29, 0.717) is 17.3 Å². The van der Waals surface area contributed by atoms with E-state index in [2.05, 4.69) is 17.2 Å². The first-order valence-corrected chi connectivity index (χ1v) is 8.73. The molecule has 7 heteroatoms. The number of hydrogen-bond acceptors (Lipinski definition) is 3. The van der Waals surface area contributed by atoms with Crippen molar-refractivity contribution < 1.29 is 8.78 Å². The van der Waals surface area contributed by atoms with E-state index in [1.165, 1.54) is 4.57 Å². The maximum absolute atomic E-state index is 13.8. The number of nitrogens with one attached hydrogen (secondary N) is 1. The maximum Gasteiger partial charge on any atom is 0.267 e. The zero-order chi connectivity index (χ0) is 18.4. The van der Waals surface area contributed by atoms with Crippen LogP contribution in [0.15, 0.2) is 41.2 Å². The molecule has 1 aliphatic heterocycles. The molecule has 0 radical (unpaired) electrons. The second kappa shape index (κ2) is 6.45. The molecule has 4 rings (SSSR count). The zero-order valence-electron chi connectivity index (χ0n) is 14.0. The molecule has 2 heterocycles. The Kier molecular flexibility index (Phi) is 4.25. The molecule has 3 aromatic rings. The Labute approximate surface area is 153 Å². The summed E-state index contributed by atoms with van der Waals surface area (Å²) in [5, 5.41) is 3.81. The summed E-state index contributed by atoms with van der Waals surface area (Å²) < 4.78 is 28.8. The zero-order valence-corrected chi connectivity index (χ0v) is 14.7. The van der Waals surface area contributed by atoms with Gasteiger partial charge in [0, 0.05) is 6.07 Å². The first-order chi connectivity index (χ1) is 12.4. The van der Waals surface area contributed by atoms with Crippen molar-refractivity contribution in [3.8, 4) is 5.69 Å². The monoisotopic (exact) mass is 375 g/mol. The van der Waals surface area contributed by atoms with Gasteiger partial charge in [-0.1, -0.05) is 24.6 Å². The van der Waals surface area contributed by atoms with Crippen LogP contribution in [0.3, 0.4) is 0 Å². The highest BCUT2D eigenvalue weighted by Crippen LogP contribution is 2.29. The van der Waals surface area contributed by atoms with Crippen LogP contribution >= 0.6 is 11.6 Å². The molecule has 1 aromatic heterocycles. The van der Waals surface area contributed by atoms with Crippen LogP contribution in [0.25, 0.3) is 16.6 Å². The lowest BCUT2D eigenvalue weighted by molar-refractivity contribution is 0.558. The number of halogens is 3. The van der Waals surface area contributed by atoms with Crippen molar-refractivity contribution in [3.05, 3.63) is 69.2 Å². The van der Waals surface area contributed by atoms with Crippen LogP contribution in [0.1, 0.15) is 25.2 Å². The average molecular weight is 376 g/mol. The van der Waals surface area contributed by atoms with Crippen LogP contribution in [-0.4, -0.2) is 16.1 Å². The largest absolute Gasteiger partial charge is 0.307 e. The lowest BCUT2D eigenvalue weighted by atomic mass is 10.1. The van der Waals surface area contributed by atoms with Gasteiger partial charge < -0.3 is 5.32 Å². The van der Waals surface area contributed by atoms with Gasteiger partial charge in [0.15, 0.2) is 0 Å². The second-order valence-electron chi connectivity index (χ2n) is 6.67. The lowest BCUT2D eigenvalue weighted by Crippen LogP contribution is -2.29. The SMILES string of the molecule is C[C@H]1CN[C@H](c2nc3cccc(Cl)c3c(=O)n2-c2cc(F)cc(F)c2)C1. The van der Waals surface area contributed by atoms with Crippen LogP contribution in [0.5, 0.6) is 0 Å². The predicted octanol–water partition coefficient (Wildman–Crippen LogP) is 3.99. The number of benzene rings is 2. The van der Waals surface area contributed by atoms with Crippen molar-refractivity contribution in [3.63, 3.8) is 0 Å². The fourth-order valence-corrected chi connectivity index (χ4v) is 3.72. The van der Waals surface area contributed by atoms with Gasteiger partial charge in [0.1, 0.15) is 17.5 Å². The fraction of sp³-hybridized carbons (Fsp3) is 0.263. The minimum Gasteiger partial charge on any atom is -0.307 e.